The molecule has 21 heavy (non-hydrogen) atoms. The van der Waals surface area contributed by atoms with Gasteiger partial charge in [0.1, 0.15) is 6.61 Å². The van der Waals surface area contributed by atoms with E-state index in [1.807, 2.05) is 0 Å². The van der Waals surface area contributed by atoms with Crippen LogP contribution in [0.4, 0.5) is 5.95 Å². The fraction of sp³-hybridized carbons (Fsp3) is 0.538. The van der Waals surface area contributed by atoms with Gasteiger partial charge in [-0.05, 0) is 32.0 Å². The maximum absolute atomic E-state index is 5.69. The molecule has 0 spiro atoms. The van der Waals surface area contributed by atoms with Crippen molar-refractivity contribution in [3.05, 3.63) is 18.5 Å². The first-order valence-corrected chi connectivity index (χ1v) is 7.18. The van der Waals surface area contributed by atoms with E-state index in [4.69, 9.17) is 10.5 Å². The summed E-state index contributed by atoms with van der Waals surface area (Å²) in [4.78, 5) is 14.6. The van der Waals surface area contributed by atoms with Crippen LogP contribution in [0.2, 0.25) is 0 Å². The molecule has 0 saturated carbocycles. The third-order valence-corrected chi connectivity index (χ3v) is 3.42. The number of anilines is 1. The average molecular weight is 289 g/mol. The fourth-order valence-corrected chi connectivity index (χ4v) is 2.36. The van der Waals surface area contributed by atoms with Gasteiger partial charge in [-0.2, -0.15) is 20.1 Å². The number of likely N-dealkylation sites (tertiary alicyclic amines) is 1. The number of piperidine rings is 1. The SMILES string of the molecule is Nc1nc(OCCN2CCCCC2)nc(-n2cccn2)n1. The second-order valence-electron chi connectivity index (χ2n) is 4.98. The van der Waals surface area contributed by atoms with Crippen molar-refractivity contribution in [1.82, 2.24) is 29.6 Å². The van der Waals surface area contributed by atoms with Crippen LogP contribution in [-0.4, -0.2) is 55.9 Å². The zero-order valence-corrected chi connectivity index (χ0v) is 11.9. The Kier molecular flexibility index (Phi) is 4.25. The topological polar surface area (TPSA) is 95.0 Å². The summed E-state index contributed by atoms with van der Waals surface area (Å²) in [7, 11) is 0. The van der Waals surface area contributed by atoms with Crippen LogP contribution in [0, 0.1) is 0 Å². The summed E-state index contributed by atoms with van der Waals surface area (Å²) in [5, 5.41) is 4.07. The molecule has 8 heteroatoms. The number of nitrogen functional groups attached to an aromatic ring is 1. The van der Waals surface area contributed by atoms with Crippen molar-refractivity contribution < 1.29 is 4.74 Å². The number of nitrogens with zero attached hydrogens (tertiary/aromatic N) is 6. The molecule has 2 N–H and O–H groups in total. The summed E-state index contributed by atoms with van der Waals surface area (Å²) in [6, 6.07) is 2.03. The van der Waals surface area contributed by atoms with Gasteiger partial charge in [-0.15, -0.1) is 0 Å². The Morgan fingerprint density at radius 1 is 1.14 bits per heavy atom. The van der Waals surface area contributed by atoms with E-state index in [0.717, 1.165) is 19.6 Å². The number of ether oxygens (including phenoxy) is 1. The zero-order valence-electron chi connectivity index (χ0n) is 11.9. The van der Waals surface area contributed by atoms with Crippen LogP contribution in [0.15, 0.2) is 18.5 Å². The summed E-state index contributed by atoms with van der Waals surface area (Å²) in [5.74, 6) is 0.490. The number of aromatic nitrogens is 5. The lowest BCUT2D eigenvalue weighted by Gasteiger charge is -2.25. The second-order valence-corrected chi connectivity index (χ2v) is 4.98. The lowest BCUT2D eigenvalue weighted by Crippen LogP contribution is -2.33. The second kappa shape index (κ2) is 6.49. The van der Waals surface area contributed by atoms with Crippen LogP contribution in [0.5, 0.6) is 6.01 Å². The number of hydrogen-bond acceptors (Lipinski definition) is 7. The van der Waals surface area contributed by atoms with E-state index >= 15 is 0 Å². The minimum Gasteiger partial charge on any atom is -0.462 e. The molecule has 0 unspecified atom stereocenters. The highest BCUT2D eigenvalue weighted by molar-refractivity contribution is 5.24. The van der Waals surface area contributed by atoms with E-state index in [2.05, 4.69) is 25.0 Å². The third-order valence-electron chi connectivity index (χ3n) is 3.42. The van der Waals surface area contributed by atoms with E-state index in [-0.39, 0.29) is 12.0 Å². The molecule has 112 valence electrons. The molecule has 8 nitrogen and oxygen atoms in total. The summed E-state index contributed by atoms with van der Waals surface area (Å²) in [6.45, 7) is 3.70. The van der Waals surface area contributed by atoms with Crippen LogP contribution in [0.3, 0.4) is 0 Å². The number of rotatable bonds is 5. The monoisotopic (exact) mass is 289 g/mol. The lowest BCUT2D eigenvalue weighted by atomic mass is 10.1. The summed E-state index contributed by atoms with van der Waals surface area (Å²) in [5.41, 5.74) is 5.69. The van der Waals surface area contributed by atoms with Gasteiger partial charge in [-0.25, -0.2) is 4.68 Å². The maximum Gasteiger partial charge on any atom is 0.323 e. The molecular weight excluding hydrogens is 270 g/mol. The van der Waals surface area contributed by atoms with Crippen LogP contribution in [-0.2, 0) is 0 Å². The minimum atomic E-state index is 0.128. The predicted octanol–water partition coefficient (Wildman–Crippen LogP) is 0.504. The Balaban J connectivity index is 1.60. The van der Waals surface area contributed by atoms with Crippen LogP contribution in [0.1, 0.15) is 19.3 Å². The molecule has 3 rings (SSSR count). The highest BCUT2D eigenvalue weighted by Crippen LogP contribution is 2.10. The van der Waals surface area contributed by atoms with Crippen molar-refractivity contribution in [3.63, 3.8) is 0 Å². The first-order chi connectivity index (χ1) is 10.3. The van der Waals surface area contributed by atoms with Crippen LogP contribution >= 0.6 is 0 Å². The van der Waals surface area contributed by atoms with E-state index in [0.29, 0.717) is 12.6 Å². The van der Waals surface area contributed by atoms with Crippen molar-refractivity contribution in [2.75, 3.05) is 32.0 Å². The Bertz CT molecular complexity index is 566. The molecule has 1 aliphatic rings. The van der Waals surface area contributed by atoms with E-state index < -0.39 is 0 Å². The molecular formula is C13H19N7O. The molecule has 1 saturated heterocycles. The maximum atomic E-state index is 5.69. The highest BCUT2D eigenvalue weighted by Gasteiger charge is 2.11. The Morgan fingerprint density at radius 2 is 2.00 bits per heavy atom. The van der Waals surface area contributed by atoms with Gasteiger partial charge in [0.05, 0.1) is 0 Å². The Labute approximate surface area is 123 Å². The zero-order chi connectivity index (χ0) is 14.5. The van der Waals surface area contributed by atoms with Gasteiger partial charge >= 0.3 is 6.01 Å². The number of nitrogens with two attached hydrogens (primary N) is 1. The van der Waals surface area contributed by atoms with Gasteiger partial charge in [0.2, 0.25) is 5.95 Å². The molecule has 0 radical (unpaired) electrons. The van der Waals surface area contributed by atoms with Crippen molar-refractivity contribution in [1.29, 1.82) is 0 Å². The average Bonchev–Trinajstić information content (AvgIpc) is 3.02. The molecule has 0 aromatic carbocycles. The largest absolute Gasteiger partial charge is 0.462 e. The van der Waals surface area contributed by atoms with E-state index in [9.17, 15) is 0 Å². The van der Waals surface area contributed by atoms with Gasteiger partial charge in [-0.3, -0.25) is 4.90 Å². The van der Waals surface area contributed by atoms with Gasteiger partial charge in [0, 0.05) is 18.9 Å². The molecule has 1 fully saturated rings. The highest BCUT2D eigenvalue weighted by atomic mass is 16.5. The smallest absolute Gasteiger partial charge is 0.323 e. The first kappa shape index (κ1) is 13.7. The summed E-state index contributed by atoms with van der Waals surface area (Å²) < 4.78 is 7.13. The minimum absolute atomic E-state index is 0.128. The van der Waals surface area contributed by atoms with Gasteiger partial charge in [0.15, 0.2) is 0 Å². The fourth-order valence-electron chi connectivity index (χ4n) is 2.36. The van der Waals surface area contributed by atoms with Crippen LogP contribution < -0.4 is 10.5 Å². The van der Waals surface area contributed by atoms with Gasteiger partial charge < -0.3 is 10.5 Å². The standard InChI is InChI=1S/C13H19N7O/c14-11-16-12(20-8-4-5-15-20)18-13(17-11)21-10-9-19-6-2-1-3-7-19/h4-5,8H,1-3,6-7,9-10H2,(H2,14,16,17,18). The van der Waals surface area contributed by atoms with E-state index in [1.165, 1.54) is 23.9 Å². The summed E-state index contributed by atoms with van der Waals surface area (Å²) >= 11 is 0. The lowest BCUT2D eigenvalue weighted by molar-refractivity contribution is 0.177. The normalized spacial score (nSPS) is 16.0. The van der Waals surface area contributed by atoms with E-state index in [1.54, 1.807) is 18.5 Å². The Morgan fingerprint density at radius 3 is 2.76 bits per heavy atom. The molecule has 1 aliphatic heterocycles. The molecule has 2 aromatic rings. The molecule has 0 bridgehead atoms. The molecule has 2 aromatic heterocycles. The third kappa shape index (κ3) is 3.66. The van der Waals surface area contributed by atoms with Crippen molar-refractivity contribution in [2.24, 2.45) is 0 Å². The number of hydrogen-bond donors (Lipinski definition) is 1. The predicted molar refractivity (Wildman–Crippen MR) is 77.1 cm³/mol. The van der Waals surface area contributed by atoms with Crippen molar-refractivity contribution in [2.45, 2.75) is 19.3 Å². The Hall–Kier alpha value is -2.22. The summed E-state index contributed by atoms with van der Waals surface area (Å²) in [6.07, 6.45) is 7.25. The van der Waals surface area contributed by atoms with Crippen LogP contribution in [0.25, 0.3) is 5.95 Å². The molecule has 0 amide bonds. The molecule has 0 atom stereocenters. The van der Waals surface area contributed by atoms with Gasteiger partial charge in [0.25, 0.3) is 5.95 Å². The molecule has 3 heterocycles. The van der Waals surface area contributed by atoms with Crippen molar-refractivity contribution in [3.8, 4) is 12.0 Å². The first-order valence-electron chi connectivity index (χ1n) is 7.18. The quantitative estimate of drug-likeness (QED) is 0.856. The van der Waals surface area contributed by atoms with Crippen molar-refractivity contribution >= 4 is 5.95 Å². The molecule has 0 aliphatic carbocycles. The van der Waals surface area contributed by atoms with Gasteiger partial charge in [-0.1, -0.05) is 6.42 Å².